The smallest absolute Gasteiger partial charge is 0.257 e. The fraction of sp³-hybridized carbons (Fsp3) is 0.471. The predicted molar refractivity (Wildman–Crippen MR) is 82.2 cm³/mol. The Labute approximate surface area is 125 Å². The first-order valence-electron chi connectivity index (χ1n) is 7.71. The number of aromatic nitrogens is 2. The lowest BCUT2D eigenvalue weighted by Gasteiger charge is -1.97. The van der Waals surface area contributed by atoms with Gasteiger partial charge in [0.25, 0.3) is 5.89 Å². The molecule has 0 radical (unpaired) electrons. The summed E-state index contributed by atoms with van der Waals surface area (Å²) in [5.41, 5.74) is 1.49. The molecule has 0 aliphatic heterocycles. The summed E-state index contributed by atoms with van der Waals surface area (Å²) in [7, 11) is 0. The molecule has 0 amide bonds. The number of benzene rings is 1. The minimum Gasteiger partial charge on any atom is -0.334 e. The van der Waals surface area contributed by atoms with E-state index in [2.05, 4.69) is 17.1 Å². The fourth-order valence-electron chi connectivity index (χ4n) is 2.24. The van der Waals surface area contributed by atoms with Crippen LogP contribution in [0.2, 0.25) is 0 Å². The van der Waals surface area contributed by atoms with Gasteiger partial charge in [-0.25, -0.2) is 0 Å². The Bertz CT molecular complexity index is 546. The number of hydrogen-bond acceptors (Lipinski definition) is 4. The van der Waals surface area contributed by atoms with E-state index in [1.54, 1.807) is 12.1 Å². The second-order valence-corrected chi connectivity index (χ2v) is 5.27. The van der Waals surface area contributed by atoms with Crippen molar-refractivity contribution in [3.63, 3.8) is 0 Å². The maximum Gasteiger partial charge on any atom is 0.257 e. The van der Waals surface area contributed by atoms with Crippen LogP contribution in [0, 0.1) is 0 Å². The highest BCUT2D eigenvalue weighted by Gasteiger charge is 2.08. The fourth-order valence-corrected chi connectivity index (χ4v) is 2.24. The summed E-state index contributed by atoms with van der Waals surface area (Å²) in [5.74, 6) is 1.29. The molecule has 0 unspecified atom stereocenters. The van der Waals surface area contributed by atoms with E-state index in [1.165, 1.54) is 32.1 Å². The number of aryl methyl sites for hydroxylation is 1. The molecule has 112 valence electrons. The number of hydrogen-bond donors (Lipinski definition) is 0. The second kappa shape index (κ2) is 8.35. The molecule has 0 aliphatic rings. The van der Waals surface area contributed by atoms with Crippen molar-refractivity contribution in [2.75, 3.05) is 0 Å². The summed E-state index contributed by atoms with van der Waals surface area (Å²) in [5, 5.41) is 4.01. The van der Waals surface area contributed by atoms with Crippen molar-refractivity contribution in [1.82, 2.24) is 10.1 Å². The minimum absolute atomic E-state index is 0.522. The molecule has 1 aromatic carbocycles. The van der Waals surface area contributed by atoms with Crippen LogP contribution in [0.4, 0.5) is 0 Å². The van der Waals surface area contributed by atoms with Gasteiger partial charge < -0.3 is 4.52 Å². The first-order chi connectivity index (χ1) is 10.3. The molecule has 0 aliphatic carbocycles. The van der Waals surface area contributed by atoms with E-state index in [-0.39, 0.29) is 0 Å². The Morgan fingerprint density at radius 1 is 1.05 bits per heavy atom. The van der Waals surface area contributed by atoms with E-state index in [0.717, 1.165) is 30.5 Å². The van der Waals surface area contributed by atoms with Crippen LogP contribution in [0.1, 0.15) is 61.6 Å². The summed E-state index contributed by atoms with van der Waals surface area (Å²) in [6.45, 7) is 2.22. The van der Waals surface area contributed by atoms with E-state index >= 15 is 0 Å². The molecular formula is C17H22N2O2. The number of carbonyl (C=O) groups excluding carboxylic acids is 1. The highest BCUT2D eigenvalue weighted by atomic mass is 16.5. The largest absolute Gasteiger partial charge is 0.334 e. The van der Waals surface area contributed by atoms with Crippen molar-refractivity contribution in [3.8, 4) is 11.5 Å². The van der Waals surface area contributed by atoms with Crippen molar-refractivity contribution < 1.29 is 9.32 Å². The van der Waals surface area contributed by atoms with Crippen LogP contribution in [-0.4, -0.2) is 16.4 Å². The van der Waals surface area contributed by atoms with Gasteiger partial charge in [-0.15, -0.1) is 0 Å². The average molecular weight is 286 g/mol. The number of unbranched alkanes of at least 4 members (excludes halogenated alkanes) is 5. The Morgan fingerprint density at radius 2 is 1.76 bits per heavy atom. The van der Waals surface area contributed by atoms with Crippen LogP contribution in [-0.2, 0) is 6.42 Å². The van der Waals surface area contributed by atoms with Crippen LogP contribution < -0.4 is 0 Å². The monoisotopic (exact) mass is 286 g/mol. The van der Waals surface area contributed by atoms with Crippen molar-refractivity contribution >= 4 is 6.29 Å². The Kier molecular flexibility index (Phi) is 6.13. The second-order valence-electron chi connectivity index (χ2n) is 5.27. The molecule has 0 fully saturated rings. The van der Waals surface area contributed by atoms with Gasteiger partial charge in [0.15, 0.2) is 5.82 Å². The van der Waals surface area contributed by atoms with E-state index in [0.29, 0.717) is 11.5 Å². The first-order valence-corrected chi connectivity index (χ1v) is 7.71. The van der Waals surface area contributed by atoms with Gasteiger partial charge >= 0.3 is 0 Å². The van der Waals surface area contributed by atoms with E-state index < -0.39 is 0 Å². The van der Waals surface area contributed by atoms with Crippen LogP contribution in [0.25, 0.3) is 11.5 Å². The molecule has 2 aromatic rings. The third kappa shape index (κ3) is 4.81. The third-order valence-electron chi connectivity index (χ3n) is 3.52. The van der Waals surface area contributed by atoms with Gasteiger partial charge in [0.1, 0.15) is 6.29 Å². The molecule has 4 nitrogen and oxygen atoms in total. The highest BCUT2D eigenvalue weighted by Crippen LogP contribution is 2.18. The quantitative estimate of drug-likeness (QED) is 0.504. The zero-order chi connectivity index (χ0) is 14.9. The molecule has 2 rings (SSSR count). The standard InChI is InChI=1S/C17H22N2O2/c1-2-3-4-5-6-7-8-16-18-17(21-19-16)15-11-9-14(13-20)10-12-15/h9-13H,2-8H2,1H3. The summed E-state index contributed by atoms with van der Waals surface area (Å²) in [6, 6.07) is 7.15. The zero-order valence-corrected chi connectivity index (χ0v) is 12.5. The van der Waals surface area contributed by atoms with E-state index in [1.807, 2.05) is 12.1 Å². The number of carbonyl (C=O) groups is 1. The minimum atomic E-state index is 0.522. The Balaban J connectivity index is 1.81. The van der Waals surface area contributed by atoms with Crippen molar-refractivity contribution in [2.24, 2.45) is 0 Å². The third-order valence-corrected chi connectivity index (χ3v) is 3.52. The van der Waals surface area contributed by atoms with Gasteiger partial charge in [-0.1, -0.05) is 56.3 Å². The summed E-state index contributed by atoms with van der Waals surface area (Å²) in [6.07, 6.45) is 9.21. The maximum absolute atomic E-state index is 10.6. The lowest BCUT2D eigenvalue weighted by molar-refractivity contribution is 0.112. The van der Waals surface area contributed by atoms with Gasteiger partial charge in [0.05, 0.1) is 0 Å². The zero-order valence-electron chi connectivity index (χ0n) is 12.5. The molecule has 0 saturated heterocycles. The summed E-state index contributed by atoms with van der Waals surface area (Å²) >= 11 is 0. The molecule has 1 aromatic heterocycles. The number of aldehydes is 1. The normalized spacial score (nSPS) is 10.7. The van der Waals surface area contributed by atoms with Gasteiger partial charge in [-0.05, 0) is 18.6 Å². The maximum atomic E-state index is 10.6. The van der Waals surface area contributed by atoms with Gasteiger partial charge in [0.2, 0.25) is 0 Å². The van der Waals surface area contributed by atoms with Crippen molar-refractivity contribution in [2.45, 2.75) is 51.9 Å². The summed E-state index contributed by atoms with van der Waals surface area (Å²) < 4.78 is 5.27. The van der Waals surface area contributed by atoms with Gasteiger partial charge in [-0.3, -0.25) is 4.79 Å². The first kappa shape index (κ1) is 15.4. The molecule has 4 heteroatoms. The molecule has 0 saturated carbocycles. The van der Waals surface area contributed by atoms with Crippen LogP contribution in [0.5, 0.6) is 0 Å². The Morgan fingerprint density at radius 3 is 2.48 bits per heavy atom. The van der Waals surface area contributed by atoms with Crippen molar-refractivity contribution in [1.29, 1.82) is 0 Å². The topological polar surface area (TPSA) is 56.0 Å². The number of rotatable bonds is 9. The summed E-state index contributed by atoms with van der Waals surface area (Å²) in [4.78, 5) is 15.0. The lowest BCUT2D eigenvalue weighted by atomic mass is 10.1. The van der Waals surface area contributed by atoms with E-state index in [9.17, 15) is 4.79 Å². The molecule has 0 N–H and O–H groups in total. The van der Waals surface area contributed by atoms with Crippen molar-refractivity contribution in [3.05, 3.63) is 35.7 Å². The molecule has 0 spiro atoms. The van der Waals surface area contributed by atoms with Crippen LogP contribution in [0.3, 0.4) is 0 Å². The molecule has 0 bridgehead atoms. The highest BCUT2D eigenvalue weighted by molar-refractivity contribution is 5.75. The predicted octanol–water partition coefficient (Wildman–Crippen LogP) is 4.45. The molecule has 1 heterocycles. The van der Waals surface area contributed by atoms with Crippen LogP contribution in [0.15, 0.2) is 28.8 Å². The SMILES string of the molecule is CCCCCCCCc1noc(-c2ccc(C=O)cc2)n1. The average Bonchev–Trinajstić information content (AvgIpc) is 3.00. The number of nitrogens with zero attached hydrogens (tertiary/aromatic N) is 2. The van der Waals surface area contributed by atoms with E-state index in [4.69, 9.17) is 4.52 Å². The molecule has 21 heavy (non-hydrogen) atoms. The van der Waals surface area contributed by atoms with Gasteiger partial charge in [0, 0.05) is 17.5 Å². The van der Waals surface area contributed by atoms with Gasteiger partial charge in [-0.2, -0.15) is 4.98 Å². The van der Waals surface area contributed by atoms with Crippen LogP contribution >= 0.6 is 0 Å². The Hall–Kier alpha value is -1.97. The molecular weight excluding hydrogens is 264 g/mol. The lowest BCUT2D eigenvalue weighted by Crippen LogP contribution is -1.89. The molecule has 0 atom stereocenters.